The number of hydrogen-bond acceptors (Lipinski definition) is 4. The third kappa shape index (κ3) is 3.74. The van der Waals surface area contributed by atoms with E-state index in [0.29, 0.717) is 25.3 Å². The number of amides is 2. The molecule has 0 radical (unpaired) electrons. The molecule has 1 atom stereocenters. The highest BCUT2D eigenvalue weighted by molar-refractivity contribution is 5.89. The van der Waals surface area contributed by atoms with Gasteiger partial charge in [-0.1, -0.05) is 12.1 Å². The first kappa shape index (κ1) is 17.7. The molecule has 0 spiro atoms. The Labute approximate surface area is 150 Å². The molecule has 136 valence electrons. The highest BCUT2D eigenvalue weighted by Gasteiger charge is 2.33. The third-order valence-corrected chi connectivity index (χ3v) is 4.42. The molecule has 2 amide bonds. The maximum Gasteiger partial charge on any atom is 0.356 e. The number of hydrogen-bond donors (Lipinski definition) is 2. The quantitative estimate of drug-likeness (QED) is 0.805. The lowest BCUT2D eigenvalue weighted by molar-refractivity contribution is -0.128. The maximum absolute atomic E-state index is 12.3. The predicted molar refractivity (Wildman–Crippen MR) is 92.7 cm³/mol. The Balaban J connectivity index is 1.63. The van der Waals surface area contributed by atoms with Crippen LogP contribution in [0.25, 0.3) is 5.69 Å². The van der Waals surface area contributed by atoms with Gasteiger partial charge in [0.05, 0.1) is 11.6 Å². The second kappa shape index (κ2) is 7.38. The molecule has 1 aromatic carbocycles. The van der Waals surface area contributed by atoms with E-state index in [1.807, 2.05) is 25.1 Å². The summed E-state index contributed by atoms with van der Waals surface area (Å²) in [5.74, 6) is -1.51. The number of aromatic carboxylic acids is 1. The van der Waals surface area contributed by atoms with Gasteiger partial charge in [0.1, 0.15) is 0 Å². The largest absolute Gasteiger partial charge is 0.476 e. The van der Waals surface area contributed by atoms with Gasteiger partial charge in [-0.05, 0) is 30.7 Å². The molecule has 0 aliphatic carbocycles. The number of carboxylic acids is 1. The highest BCUT2D eigenvalue weighted by atomic mass is 16.4. The van der Waals surface area contributed by atoms with E-state index < -0.39 is 5.97 Å². The predicted octanol–water partition coefficient (Wildman–Crippen LogP) is 1.06. The Kier molecular flexibility index (Phi) is 5.01. The standard InChI is InChI=1S/C18H20N4O4/c1-2-21-11-13(9-16(21)23)17(24)19-10-12-4-3-5-14(8-12)22-7-6-15(20-22)18(25)26/h3-8,13H,2,9-11H2,1H3,(H,19,24)(H,25,26). The fourth-order valence-corrected chi connectivity index (χ4v) is 2.98. The molecule has 3 rings (SSSR count). The normalized spacial score (nSPS) is 16.7. The van der Waals surface area contributed by atoms with Crippen molar-refractivity contribution in [3.05, 3.63) is 47.8 Å². The second-order valence-electron chi connectivity index (χ2n) is 6.17. The molecule has 8 nitrogen and oxygen atoms in total. The number of carbonyl (C=O) groups is 3. The van der Waals surface area contributed by atoms with Crippen molar-refractivity contribution in [3.63, 3.8) is 0 Å². The number of nitrogens with zero attached hydrogens (tertiary/aromatic N) is 3. The molecule has 2 heterocycles. The summed E-state index contributed by atoms with van der Waals surface area (Å²) in [6.07, 6.45) is 1.83. The van der Waals surface area contributed by atoms with E-state index in [1.54, 1.807) is 17.2 Å². The summed E-state index contributed by atoms with van der Waals surface area (Å²) in [5.41, 5.74) is 1.53. The van der Waals surface area contributed by atoms with Crippen LogP contribution in [0.1, 0.15) is 29.4 Å². The average molecular weight is 356 g/mol. The number of carbonyl (C=O) groups excluding carboxylic acids is 2. The van der Waals surface area contributed by atoms with Crippen molar-refractivity contribution in [3.8, 4) is 5.69 Å². The van der Waals surface area contributed by atoms with E-state index in [1.165, 1.54) is 10.7 Å². The van der Waals surface area contributed by atoms with Crippen molar-refractivity contribution in [2.24, 2.45) is 5.92 Å². The molecule has 1 aromatic heterocycles. The fourth-order valence-electron chi connectivity index (χ4n) is 2.98. The monoisotopic (exact) mass is 356 g/mol. The first-order chi connectivity index (χ1) is 12.5. The molecule has 8 heteroatoms. The van der Waals surface area contributed by atoms with Gasteiger partial charge in [-0.2, -0.15) is 5.10 Å². The van der Waals surface area contributed by atoms with Gasteiger partial charge in [-0.25, -0.2) is 9.48 Å². The third-order valence-electron chi connectivity index (χ3n) is 4.42. The SMILES string of the molecule is CCN1CC(C(=O)NCc2cccc(-n3ccc(C(=O)O)n3)c2)CC1=O. The molecule has 0 saturated carbocycles. The van der Waals surface area contributed by atoms with Crippen molar-refractivity contribution < 1.29 is 19.5 Å². The summed E-state index contributed by atoms with van der Waals surface area (Å²) in [7, 11) is 0. The number of aromatic nitrogens is 2. The minimum absolute atomic E-state index is 0.0163. The van der Waals surface area contributed by atoms with Crippen LogP contribution in [0, 0.1) is 5.92 Å². The van der Waals surface area contributed by atoms with E-state index in [9.17, 15) is 14.4 Å². The number of carboxylic acid groups (broad SMARTS) is 1. The lowest BCUT2D eigenvalue weighted by Crippen LogP contribution is -2.32. The van der Waals surface area contributed by atoms with Crippen molar-refractivity contribution >= 4 is 17.8 Å². The molecule has 2 N–H and O–H groups in total. The summed E-state index contributed by atoms with van der Waals surface area (Å²) < 4.78 is 1.48. The number of likely N-dealkylation sites (tertiary alicyclic amines) is 1. The Bertz CT molecular complexity index is 845. The first-order valence-corrected chi connectivity index (χ1v) is 8.41. The van der Waals surface area contributed by atoms with Gasteiger partial charge in [0.2, 0.25) is 11.8 Å². The Morgan fingerprint density at radius 2 is 2.15 bits per heavy atom. The van der Waals surface area contributed by atoms with Gasteiger partial charge < -0.3 is 15.3 Å². The average Bonchev–Trinajstić information content (AvgIpc) is 3.27. The zero-order valence-corrected chi connectivity index (χ0v) is 14.4. The summed E-state index contributed by atoms with van der Waals surface area (Å²) in [5, 5.41) is 15.8. The van der Waals surface area contributed by atoms with Crippen LogP contribution in [-0.4, -0.2) is 50.7 Å². The minimum atomic E-state index is -1.08. The van der Waals surface area contributed by atoms with Crippen molar-refractivity contribution in [2.45, 2.75) is 19.9 Å². The Hall–Kier alpha value is -3.16. The van der Waals surface area contributed by atoms with Crippen LogP contribution >= 0.6 is 0 Å². The highest BCUT2D eigenvalue weighted by Crippen LogP contribution is 2.18. The van der Waals surface area contributed by atoms with Crippen LogP contribution in [0.3, 0.4) is 0 Å². The lowest BCUT2D eigenvalue weighted by atomic mass is 10.1. The molecule has 26 heavy (non-hydrogen) atoms. The Morgan fingerprint density at radius 3 is 2.81 bits per heavy atom. The van der Waals surface area contributed by atoms with Crippen LogP contribution in [-0.2, 0) is 16.1 Å². The summed E-state index contributed by atoms with van der Waals surface area (Å²) in [6.45, 7) is 3.31. The van der Waals surface area contributed by atoms with E-state index in [0.717, 1.165) is 5.56 Å². The Morgan fingerprint density at radius 1 is 1.35 bits per heavy atom. The zero-order valence-electron chi connectivity index (χ0n) is 14.4. The molecule has 0 bridgehead atoms. The van der Waals surface area contributed by atoms with Crippen molar-refractivity contribution in [2.75, 3.05) is 13.1 Å². The fraction of sp³-hybridized carbons (Fsp3) is 0.333. The molecule has 1 aliphatic heterocycles. The van der Waals surface area contributed by atoms with E-state index in [-0.39, 0.29) is 29.8 Å². The summed E-state index contributed by atoms with van der Waals surface area (Å²) in [6, 6.07) is 8.74. The smallest absolute Gasteiger partial charge is 0.356 e. The van der Waals surface area contributed by atoms with Crippen molar-refractivity contribution in [1.82, 2.24) is 20.0 Å². The second-order valence-corrected chi connectivity index (χ2v) is 6.17. The van der Waals surface area contributed by atoms with E-state index in [2.05, 4.69) is 10.4 Å². The summed E-state index contributed by atoms with van der Waals surface area (Å²) in [4.78, 5) is 36.6. The van der Waals surface area contributed by atoms with Crippen LogP contribution in [0.15, 0.2) is 36.5 Å². The maximum atomic E-state index is 12.3. The van der Waals surface area contributed by atoms with Crippen LogP contribution < -0.4 is 5.32 Å². The minimum Gasteiger partial charge on any atom is -0.476 e. The number of nitrogens with one attached hydrogen (secondary N) is 1. The van der Waals surface area contributed by atoms with Crippen LogP contribution in [0.4, 0.5) is 0 Å². The number of rotatable bonds is 6. The van der Waals surface area contributed by atoms with Gasteiger partial charge in [-0.15, -0.1) is 0 Å². The van der Waals surface area contributed by atoms with E-state index >= 15 is 0 Å². The van der Waals surface area contributed by atoms with Gasteiger partial charge in [0, 0.05) is 32.3 Å². The van der Waals surface area contributed by atoms with Gasteiger partial charge >= 0.3 is 5.97 Å². The first-order valence-electron chi connectivity index (χ1n) is 8.41. The molecule has 1 saturated heterocycles. The topological polar surface area (TPSA) is 105 Å². The van der Waals surface area contributed by atoms with Crippen LogP contribution in [0.2, 0.25) is 0 Å². The summed E-state index contributed by atoms with van der Waals surface area (Å²) >= 11 is 0. The lowest BCUT2D eigenvalue weighted by Gasteiger charge is -2.14. The molecule has 1 unspecified atom stereocenters. The van der Waals surface area contributed by atoms with Crippen LogP contribution in [0.5, 0.6) is 0 Å². The molecule has 1 fully saturated rings. The van der Waals surface area contributed by atoms with Crippen molar-refractivity contribution in [1.29, 1.82) is 0 Å². The number of benzene rings is 1. The molecule has 2 aromatic rings. The van der Waals surface area contributed by atoms with E-state index in [4.69, 9.17) is 5.11 Å². The van der Waals surface area contributed by atoms with Gasteiger partial charge in [-0.3, -0.25) is 9.59 Å². The van der Waals surface area contributed by atoms with Gasteiger partial charge in [0.15, 0.2) is 5.69 Å². The zero-order chi connectivity index (χ0) is 18.7. The molecular weight excluding hydrogens is 336 g/mol. The van der Waals surface area contributed by atoms with Gasteiger partial charge in [0.25, 0.3) is 0 Å². The molecule has 1 aliphatic rings. The molecular formula is C18H20N4O4.